The summed E-state index contributed by atoms with van der Waals surface area (Å²) in [6.07, 6.45) is 1.39. The van der Waals surface area contributed by atoms with Crippen LogP contribution in [0.15, 0.2) is 47.9 Å². The van der Waals surface area contributed by atoms with E-state index in [9.17, 15) is 18.3 Å². The Labute approximate surface area is 214 Å². The van der Waals surface area contributed by atoms with Crippen LogP contribution in [0, 0.1) is 0 Å². The van der Waals surface area contributed by atoms with Crippen molar-refractivity contribution in [2.45, 2.75) is 5.75 Å². The van der Waals surface area contributed by atoms with E-state index in [1.54, 1.807) is 24.3 Å². The summed E-state index contributed by atoms with van der Waals surface area (Å²) < 4.78 is 47.4. The van der Waals surface area contributed by atoms with Crippen LogP contribution in [-0.2, 0) is 15.6 Å². The van der Waals surface area contributed by atoms with Crippen LogP contribution in [0.5, 0.6) is 23.0 Å². The topological polar surface area (TPSA) is 160 Å². The summed E-state index contributed by atoms with van der Waals surface area (Å²) in [5, 5.41) is 10.8. The van der Waals surface area contributed by atoms with E-state index in [1.165, 1.54) is 52.7 Å². The number of hydrogen-bond donors (Lipinski definition) is 3. The van der Waals surface area contributed by atoms with Crippen molar-refractivity contribution in [2.24, 2.45) is 0 Å². The molecular weight excluding hydrogens is 500 g/mol. The molecule has 0 aliphatic heterocycles. The number of sulfone groups is 1. The summed E-state index contributed by atoms with van der Waals surface area (Å²) in [4.78, 5) is 11.9. The van der Waals surface area contributed by atoms with Crippen LogP contribution in [-0.4, -0.2) is 47.9 Å². The van der Waals surface area contributed by atoms with Gasteiger partial charge < -0.3 is 35.5 Å². The van der Waals surface area contributed by atoms with E-state index in [-0.39, 0.29) is 28.3 Å². The molecule has 0 aliphatic rings. The lowest BCUT2D eigenvalue weighted by Crippen LogP contribution is -2.06. The summed E-state index contributed by atoms with van der Waals surface area (Å²) >= 11 is 0. The van der Waals surface area contributed by atoms with E-state index < -0.39 is 15.8 Å². The number of anilines is 2. The van der Waals surface area contributed by atoms with Crippen molar-refractivity contribution in [2.75, 3.05) is 39.9 Å². The van der Waals surface area contributed by atoms with Gasteiger partial charge in [0.2, 0.25) is 0 Å². The molecule has 0 spiro atoms. The quantitative estimate of drug-likeness (QED) is 0.330. The van der Waals surface area contributed by atoms with E-state index in [4.69, 9.17) is 30.4 Å². The fourth-order valence-corrected chi connectivity index (χ4v) is 4.93. The molecular formula is C26H28N2O8S. The molecule has 37 heavy (non-hydrogen) atoms. The second-order valence-electron chi connectivity index (χ2n) is 7.93. The molecule has 0 atom stereocenters. The number of rotatable bonds is 10. The molecule has 5 N–H and O–H groups in total. The summed E-state index contributed by atoms with van der Waals surface area (Å²) in [6, 6.07) is 10.6. The lowest BCUT2D eigenvalue weighted by atomic mass is 9.95. The number of nitrogens with two attached hydrogens (primary N) is 2. The zero-order valence-corrected chi connectivity index (χ0v) is 21.6. The van der Waals surface area contributed by atoms with Crippen LogP contribution in [0.25, 0.3) is 17.2 Å². The first-order valence-corrected chi connectivity index (χ1v) is 12.6. The minimum absolute atomic E-state index is 0.120. The summed E-state index contributed by atoms with van der Waals surface area (Å²) in [5.74, 6) is -0.0628. The van der Waals surface area contributed by atoms with Gasteiger partial charge in [-0.05, 0) is 35.9 Å². The van der Waals surface area contributed by atoms with Crippen molar-refractivity contribution >= 4 is 33.3 Å². The maximum Gasteiger partial charge on any atom is 0.336 e. The third-order valence-electron chi connectivity index (χ3n) is 5.52. The van der Waals surface area contributed by atoms with E-state index in [2.05, 4.69) is 0 Å². The second-order valence-corrected chi connectivity index (χ2v) is 9.81. The Bertz CT molecular complexity index is 1440. The monoisotopic (exact) mass is 528 g/mol. The van der Waals surface area contributed by atoms with Crippen LogP contribution in [0.4, 0.5) is 11.4 Å². The largest absolute Gasteiger partial charge is 0.496 e. The SMILES string of the molecule is COc1cc(OC)c(/C=C/S(=O)(=O)Cc2ccc(OC)c(-c3c(N)cc(N)cc3C(=O)O)c2)c(OC)c1. The minimum atomic E-state index is -3.79. The Morgan fingerprint density at radius 2 is 1.51 bits per heavy atom. The van der Waals surface area contributed by atoms with Gasteiger partial charge in [-0.1, -0.05) is 6.07 Å². The highest BCUT2D eigenvalue weighted by Gasteiger charge is 2.21. The van der Waals surface area contributed by atoms with Crippen molar-refractivity contribution in [1.29, 1.82) is 0 Å². The molecule has 0 saturated carbocycles. The number of hydrogen-bond acceptors (Lipinski definition) is 9. The third kappa shape index (κ3) is 6.07. The first kappa shape index (κ1) is 27.2. The maximum atomic E-state index is 13.0. The molecule has 3 rings (SSSR count). The zero-order chi connectivity index (χ0) is 27.3. The predicted molar refractivity (Wildman–Crippen MR) is 142 cm³/mol. The number of methoxy groups -OCH3 is 4. The van der Waals surface area contributed by atoms with Crippen molar-refractivity contribution in [3.05, 3.63) is 64.6 Å². The predicted octanol–water partition coefficient (Wildman–Crippen LogP) is 3.84. The van der Waals surface area contributed by atoms with Crippen LogP contribution >= 0.6 is 0 Å². The fourth-order valence-electron chi connectivity index (χ4n) is 3.85. The first-order chi connectivity index (χ1) is 17.5. The molecule has 0 bridgehead atoms. The molecule has 0 unspecified atom stereocenters. The molecule has 0 saturated heterocycles. The van der Waals surface area contributed by atoms with Gasteiger partial charge in [0.25, 0.3) is 0 Å². The van der Waals surface area contributed by atoms with Crippen LogP contribution in [0.1, 0.15) is 21.5 Å². The Morgan fingerprint density at radius 3 is 2.05 bits per heavy atom. The van der Waals surface area contributed by atoms with Gasteiger partial charge in [0.05, 0.1) is 45.3 Å². The van der Waals surface area contributed by atoms with E-state index in [1.807, 2.05) is 0 Å². The van der Waals surface area contributed by atoms with Gasteiger partial charge in [-0.3, -0.25) is 0 Å². The number of benzene rings is 3. The molecule has 0 fully saturated rings. The molecule has 10 nitrogen and oxygen atoms in total. The summed E-state index contributed by atoms with van der Waals surface area (Å²) in [7, 11) is 2.02. The lowest BCUT2D eigenvalue weighted by molar-refractivity contribution is 0.0697. The van der Waals surface area contributed by atoms with Gasteiger partial charge in [-0.2, -0.15) is 0 Å². The number of carboxylic acids is 1. The van der Waals surface area contributed by atoms with Crippen LogP contribution in [0.2, 0.25) is 0 Å². The molecule has 0 radical (unpaired) electrons. The van der Waals surface area contributed by atoms with E-state index in [0.717, 1.165) is 5.41 Å². The molecule has 0 amide bonds. The van der Waals surface area contributed by atoms with Gasteiger partial charge in [-0.25, -0.2) is 13.2 Å². The molecule has 0 aliphatic carbocycles. The number of carboxylic acid groups (broad SMARTS) is 1. The zero-order valence-electron chi connectivity index (χ0n) is 20.8. The minimum Gasteiger partial charge on any atom is -0.496 e. The van der Waals surface area contributed by atoms with Gasteiger partial charge in [0.15, 0.2) is 9.84 Å². The van der Waals surface area contributed by atoms with Gasteiger partial charge in [0, 0.05) is 40.0 Å². The van der Waals surface area contributed by atoms with Gasteiger partial charge in [-0.15, -0.1) is 0 Å². The molecule has 11 heteroatoms. The second kappa shape index (κ2) is 11.1. The van der Waals surface area contributed by atoms with E-state index in [0.29, 0.717) is 39.7 Å². The lowest BCUT2D eigenvalue weighted by Gasteiger charge is -2.16. The number of aromatic carboxylic acids is 1. The standard InChI is InChI=1S/C26H28N2O8S/c1-33-17-12-23(35-3)18(24(13-17)36-4)7-8-37(31,32)14-15-5-6-22(34-2)19(9-15)25-20(26(29)30)10-16(27)11-21(25)28/h5-13H,14,27-28H2,1-4H3,(H,29,30)/b8-7+. The van der Waals surface area contributed by atoms with Crippen molar-refractivity contribution in [1.82, 2.24) is 0 Å². The third-order valence-corrected chi connectivity index (χ3v) is 6.80. The average molecular weight is 529 g/mol. The number of ether oxygens (including phenoxy) is 4. The number of nitrogen functional groups attached to an aromatic ring is 2. The summed E-state index contributed by atoms with van der Waals surface area (Å²) in [5.41, 5.74) is 13.4. The molecule has 0 heterocycles. The van der Waals surface area contributed by atoms with Crippen molar-refractivity contribution < 1.29 is 37.3 Å². The highest BCUT2D eigenvalue weighted by atomic mass is 32.2. The molecule has 3 aromatic carbocycles. The first-order valence-electron chi connectivity index (χ1n) is 10.8. The molecule has 196 valence electrons. The van der Waals surface area contributed by atoms with Crippen molar-refractivity contribution in [3.63, 3.8) is 0 Å². The smallest absolute Gasteiger partial charge is 0.336 e. The Morgan fingerprint density at radius 1 is 0.892 bits per heavy atom. The molecule has 0 aromatic heterocycles. The number of carbonyl (C=O) groups is 1. The van der Waals surface area contributed by atoms with Gasteiger partial charge in [0.1, 0.15) is 23.0 Å². The van der Waals surface area contributed by atoms with Crippen LogP contribution < -0.4 is 30.4 Å². The van der Waals surface area contributed by atoms with Crippen molar-refractivity contribution in [3.8, 4) is 34.1 Å². The Hall–Kier alpha value is -4.38. The fraction of sp³-hybridized carbons (Fsp3) is 0.192. The highest BCUT2D eigenvalue weighted by molar-refractivity contribution is 7.93. The summed E-state index contributed by atoms with van der Waals surface area (Å²) in [6.45, 7) is 0. The average Bonchev–Trinajstić information content (AvgIpc) is 2.86. The Balaban J connectivity index is 2.03. The van der Waals surface area contributed by atoms with E-state index >= 15 is 0 Å². The van der Waals surface area contributed by atoms with Gasteiger partial charge >= 0.3 is 5.97 Å². The normalized spacial score (nSPS) is 11.4. The maximum absolute atomic E-state index is 13.0. The Kier molecular flexibility index (Phi) is 8.18. The highest BCUT2D eigenvalue weighted by Crippen LogP contribution is 2.39. The van der Waals surface area contributed by atoms with Crippen LogP contribution in [0.3, 0.4) is 0 Å². The molecule has 3 aromatic rings.